The highest BCUT2D eigenvalue weighted by Crippen LogP contribution is 2.13. The van der Waals surface area contributed by atoms with E-state index in [9.17, 15) is 0 Å². The fraction of sp³-hybridized carbons (Fsp3) is 0.167. The van der Waals surface area contributed by atoms with Crippen LogP contribution >= 0.6 is 15.9 Å². The quantitative estimate of drug-likeness (QED) is 0.908. The average molecular weight is 265 g/mol. The van der Waals surface area contributed by atoms with Crippen LogP contribution in [-0.2, 0) is 13.1 Å². The number of rotatable bonds is 3. The maximum atomic E-state index is 5.56. The largest absolute Gasteiger partial charge is 0.350 e. The topological polar surface area (TPSA) is 30.9 Å². The second-order valence-corrected chi connectivity index (χ2v) is 4.44. The van der Waals surface area contributed by atoms with E-state index in [1.807, 2.05) is 12.1 Å². The lowest BCUT2D eigenvalue weighted by Gasteiger charge is -2.03. The van der Waals surface area contributed by atoms with Crippen molar-refractivity contribution in [3.05, 3.63) is 58.3 Å². The Hall–Kier alpha value is -1.06. The van der Waals surface area contributed by atoms with Crippen molar-refractivity contribution in [1.29, 1.82) is 0 Å². The molecular formula is C12H13BrN2. The molecule has 2 nitrogen and oxygen atoms in total. The molecule has 0 radical (unpaired) electrons. The van der Waals surface area contributed by atoms with Crippen molar-refractivity contribution in [1.82, 2.24) is 4.57 Å². The number of hydrogen-bond acceptors (Lipinski definition) is 1. The Balaban J connectivity index is 2.14. The van der Waals surface area contributed by atoms with Gasteiger partial charge in [-0.3, -0.25) is 0 Å². The minimum atomic E-state index is 0.603. The van der Waals surface area contributed by atoms with Gasteiger partial charge in [0.1, 0.15) is 0 Å². The van der Waals surface area contributed by atoms with Gasteiger partial charge in [0.15, 0.2) is 0 Å². The van der Waals surface area contributed by atoms with E-state index in [0.717, 1.165) is 11.0 Å². The maximum Gasteiger partial charge on any atom is 0.0470 e. The standard InChI is InChI=1S/C12H13BrN2/c13-12-3-1-2-10(6-12)8-15-5-4-11(7-14)9-15/h1-6,9H,7-8,14H2. The van der Waals surface area contributed by atoms with Gasteiger partial charge in [-0.1, -0.05) is 28.1 Å². The smallest absolute Gasteiger partial charge is 0.0470 e. The zero-order valence-electron chi connectivity index (χ0n) is 8.36. The highest BCUT2D eigenvalue weighted by molar-refractivity contribution is 9.10. The lowest BCUT2D eigenvalue weighted by molar-refractivity contribution is 0.801. The summed E-state index contributed by atoms with van der Waals surface area (Å²) in [6, 6.07) is 10.4. The van der Waals surface area contributed by atoms with E-state index in [2.05, 4.69) is 51.1 Å². The molecule has 0 amide bonds. The van der Waals surface area contributed by atoms with Crippen LogP contribution < -0.4 is 5.73 Å². The monoisotopic (exact) mass is 264 g/mol. The number of benzene rings is 1. The van der Waals surface area contributed by atoms with Crippen molar-refractivity contribution in [2.45, 2.75) is 13.1 Å². The van der Waals surface area contributed by atoms with Crippen molar-refractivity contribution in [3.63, 3.8) is 0 Å². The van der Waals surface area contributed by atoms with Crippen LogP contribution in [0.4, 0.5) is 0 Å². The van der Waals surface area contributed by atoms with Gasteiger partial charge in [0.2, 0.25) is 0 Å². The number of nitrogens with zero attached hydrogens (tertiary/aromatic N) is 1. The van der Waals surface area contributed by atoms with Crippen molar-refractivity contribution in [2.75, 3.05) is 0 Å². The Morgan fingerprint density at radius 1 is 1.20 bits per heavy atom. The summed E-state index contributed by atoms with van der Waals surface area (Å²) in [7, 11) is 0. The molecule has 2 N–H and O–H groups in total. The van der Waals surface area contributed by atoms with Gasteiger partial charge in [-0.2, -0.15) is 0 Å². The van der Waals surface area contributed by atoms with E-state index in [4.69, 9.17) is 5.73 Å². The van der Waals surface area contributed by atoms with Gasteiger partial charge in [-0.15, -0.1) is 0 Å². The van der Waals surface area contributed by atoms with Gasteiger partial charge in [0, 0.05) is 30.0 Å². The first-order chi connectivity index (χ1) is 7.28. The second-order valence-electron chi connectivity index (χ2n) is 3.53. The Labute approximate surface area is 97.8 Å². The summed E-state index contributed by atoms with van der Waals surface area (Å²) >= 11 is 3.47. The van der Waals surface area contributed by atoms with E-state index in [1.54, 1.807) is 0 Å². The fourth-order valence-electron chi connectivity index (χ4n) is 1.56. The van der Waals surface area contributed by atoms with E-state index in [0.29, 0.717) is 6.54 Å². The van der Waals surface area contributed by atoms with Gasteiger partial charge in [0.25, 0.3) is 0 Å². The second kappa shape index (κ2) is 4.64. The maximum absolute atomic E-state index is 5.56. The van der Waals surface area contributed by atoms with Crippen LogP contribution in [0.25, 0.3) is 0 Å². The van der Waals surface area contributed by atoms with Crippen LogP contribution in [0.5, 0.6) is 0 Å². The van der Waals surface area contributed by atoms with Crippen LogP contribution in [0.3, 0.4) is 0 Å². The molecule has 1 aromatic carbocycles. The Morgan fingerprint density at radius 3 is 2.73 bits per heavy atom. The summed E-state index contributed by atoms with van der Waals surface area (Å²) < 4.78 is 3.26. The zero-order valence-corrected chi connectivity index (χ0v) is 9.94. The lowest BCUT2D eigenvalue weighted by atomic mass is 10.2. The Kier molecular flexibility index (Phi) is 3.23. The van der Waals surface area contributed by atoms with Gasteiger partial charge >= 0.3 is 0 Å². The molecule has 0 saturated carbocycles. The molecule has 0 saturated heterocycles. The molecule has 0 aliphatic carbocycles. The number of nitrogens with two attached hydrogens (primary N) is 1. The SMILES string of the molecule is NCc1ccn(Cc2cccc(Br)c2)c1. The molecule has 0 atom stereocenters. The van der Waals surface area contributed by atoms with Crippen LogP contribution in [0.2, 0.25) is 0 Å². The summed E-state index contributed by atoms with van der Waals surface area (Å²) in [5.74, 6) is 0. The first-order valence-corrected chi connectivity index (χ1v) is 5.66. The first-order valence-electron chi connectivity index (χ1n) is 4.87. The third-order valence-electron chi connectivity index (χ3n) is 2.30. The van der Waals surface area contributed by atoms with Crippen molar-refractivity contribution >= 4 is 15.9 Å². The molecule has 3 heteroatoms. The zero-order chi connectivity index (χ0) is 10.7. The Morgan fingerprint density at radius 2 is 2.07 bits per heavy atom. The van der Waals surface area contributed by atoms with Crippen LogP contribution in [0, 0.1) is 0 Å². The summed E-state index contributed by atoms with van der Waals surface area (Å²) in [5, 5.41) is 0. The molecule has 0 aliphatic heterocycles. The summed E-state index contributed by atoms with van der Waals surface area (Å²) in [5.41, 5.74) is 8.01. The highest BCUT2D eigenvalue weighted by Gasteiger charge is 1.97. The van der Waals surface area contributed by atoms with Crippen LogP contribution in [0.1, 0.15) is 11.1 Å². The van der Waals surface area contributed by atoms with Crippen molar-refractivity contribution in [2.24, 2.45) is 5.73 Å². The van der Waals surface area contributed by atoms with Crippen molar-refractivity contribution < 1.29 is 0 Å². The van der Waals surface area contributed by atoms with E-state index in [1.165, 1.54) is 11.1 Å². The molecule has 78 valence electrons. The molecule has 15 heavy (non-hydrogen) atoms. The molecule has 0 spiro atoms. The third kappa shape index (κ3) is 2.70. The molecule has 1 aromatic heterocycles. The minimum Gasteiger partial charge on any atom is -0.350 e. The predicted molar refractivity (Wildman–Crippen MR) is 65.6 cm³/mol. The van der Waals surface area contributed by atoms with E-state index in [-0.39, 0.29) is 0 Å². The highest BCUT2D eigenvalue weighted by atomic mass is 79.9. The number of hydrogen-bond donors (Lipinski definition) is 1. The van der Waals surface area contributed by atoms with E-state index < -0.39 is 0 Å². The summed E-state index contributed by atoms with van der Waals surface area (Å²) in [6.07, 6.45) is 4.14. The van der Waals surface area contributed by atoms with Crippen LogP contribution in [0.15, 0.2) is 47.2 Å². The van der Waals surface area contributed by atoms with E-state index >= 15 is 0 Å². The minimum absolute atomic E-state index is 0.603. The molecule has 2 aromatic rings. The van der Waals surface area contributed by atoms with Gasteiger partial charge < -0.3 is 10.3 Å². The molecule has 2 rings (SSSR count). The lowest BCUT2D eigenvalue weighted by Crippen LogP contribution is -1.97. The molecule has 1 heterocycles. The molecule has 0 unspecified atom stereocenters. The average Bonchev–Trinajstić information content (AvgIpc) is 2.65. The molecular weight excluding hydrogens is 252 g/mol. The molecule has 0 aliphatic rings. The normalized spacial score (nSPS) is 10.5. The Bertz CT molecular complexity index is 448. The van der Waals surface area contributed by atoms with Crippen molar-refractivity contribution in [3.8, 4) is 0 Å². The number of halogens is 1. The molecule has 0 fully saturated rings. The van der Waals surface area contributed by atoms with Gasteiger partial charge in [-0.25, -0.2) is 0 Å². The van der Waals surface area contributed by atoms with Crippen LogP contribution in [-0.4, -0.2) is 4.57 Å². The fourth-order valence-corrected chi connectivity index (χ4v) is 2.00. The third-order valence-corrected chi connectivity index (χ3v) is 2.79. The number of aromatic nitrogens is 1. The van der Waals surface area contributed by atoms with Gasteiger partial charge in [-0.05, 0) is 29.3 Å². The molecule has 0 bridgehead atoms. The predicted octanol–water partition coefficient (Wildman–Crippen LogP) is 2.76. The van der Waals surface area contributed by atoms with Gasteiger partial charge in [0.05, 0.1) is 0 Å². The first kappa shape index (κ1) is 10.5. The summed E-state index contributed by atoms with van der Waals surface area (Å²) in [6.45, 7) is 1.49. The summed E-state index contributed by atoms with van der Waals surface area (Å²) in [4.78, 5) is 0.